The van der Waals surface area contributed by atoms with Gasteiger partial charge in [0.15, 0.2) is 11.8 Å². The van der Waals surface area contributed by atoms with Crippen LogP contribution in [0, 0.1) is 11.6 Å². The fraction of sp³-hybridized carbons (Fsp3) is 0.519. The molecule has 0 aliphatic carbocycles. The van der Waals surface area contributed by atoms with E-state index in [1.54, 1.807) is 13.8 Å². The van der Waals surface area contributed by atoms with E-state index in [0.29, 0.717) is 5.52 Å². The number of aliphatic hydroxyl groups excluding tert-OH is 1. The van der Waals surface area contributed by atoms with Gasteiger partial charge in [-0.05, 0) is 32.0 Å². The molecule has 5 rings (SSSR count). The average molecular weight is 601 g/mol. The van der Waals surface area contributed by atoms with Crippen molar-refractivity contribution in [2.24, 2.45) is 0 Å². The number of amides is 1. The number of carbonyl (C=O) groups excluding carboxylic acids is 1. The molecule has 0 radical (unpaired) electrons. The zero-order valence-corrected chi connectivity index (χ0v) is 24.4. The van der Waals surface area contributed by atoms with Crippen molar-refractivity contribution in [2.45, 2.75) is 78.7 Å². The molecule has 0 saturated carbocycles. The lowest BCUT2D eigenvalue weighted by Gasteiger charge is -2.15. The fourth-order valence-corrected chi connectivity index (χ4v) is 4.17. The van der Waals surface area contributed by atoms with Crippen molar-refractivity contribution in [3.05, 3.63) is 46.0 Å². The lowest BCUT2D eigenvalue weighted by molar-refractivity contribution is 0.000141. The van der Waals surface area contributed by atoms with Crippen LogP contribution in [0.2, 0.25) is 5.02 Å². The SMILES string of the molecule is CC.CC.CC(C)ONC(=O)c1cc(F)c(COc2nc3nc(O[C@@H]4COC5[C@H](O)CO[C@@H]54)[nH]c3cc2Cl)c(F)c1. The van der Waals surface area contributed by atoms with Crippen LogP contribution in [0.4, 0.5) is 8.78 Å². The highest BCUT2D eigenvalue weighted by Crippen LogP contribution is 2.31. The van der Waals surface area contributed by atoms with E-state index in [1.807, 2.05) is 27.7 Å². The van der Waals surface area contributed by atoms with Crippen molar-refractivity contribution >= 4 is 28.7 Å². The average Bonchev–Trinajstić information content (AvgIpc) is 3.65. The van der Waals surface area contributed by atoms with E-state index in [2.05, 4.69) is 20.4 Å². The number of benzene rings is 1. The summed E-state index contributed by atoms with van der Waals surface area (Å²) in [6, 6.07) is 3.36. The second-order valence-corrected chi connectivity index (χ2v) is 9.22. The van der Waals surface area contributed by atoms with E-state index >= 15 is 0 Å². The monoisotopic (exact) mass is 600 g/mol. The van der Waals surface area contributed by atoms with Crippen molar-refractivity contribution in [1.29, 1.82) is 0 Å². The molecule has 2 saturated heterocycles. The molecule has 3 N–H and O–H groups in total. The van der Waals surface area contributed by atoms with Crippen molar-refractivity contribution in [3.63, 3.8) is 0 Å². The summed E-state index contributed by atoms with van der Waals surface area (Å²) in [6.45, 7) is 11.2. The second-order valence-electron chi connectivity index (χ2n) is 8.81. The zero-order valence-electron chi connectivity index (χ0n) is 23.7. The first kappa shape index (κ1) is 32.4. The third-order valence-electron chi connectivity index (χ3n) is 5.76. The number of rotatable bonds is 8. The van der Waals surface area contributed by atoms with E-state index in [4.69, 9.17) is 35.4 Å². The van der Waals surface area contributed by atoms with Gasteiger partial charge in [-0.3, -0.25) is 9.63 Å². The summed E-state index contributed by atoms with van der Waals surface area (Å²) in [5.74, 6) is -2.87. The van der Waals surface area contributed by atoms with Crippen molar-refractivity contribution in [1.82, 2.24) is 20.4 Å². The summed E-state index contributed by atoms with van der Waals surface area (Å²) in [7, 11) is 0. The Morgan fingerprint density at radius 2 is 1.78 bits per heavy atom. The largest absolute Gasteiger partial charge is 0.471 e. The first-order valence-corrected chi connectivity index (χ1v) is 13.8. The first-order valence-electron chi connectivity index (χ1n) is 13.4. The molecule has 226 valence electrons. The molecule has 0 bridgehead atoms. The molecule has 14 heteroatoms. The smallest absolute Gasteiger partial charge is 0.296 e. The zero-order chi connectivity index (χ0) is 30.3. The molecule has 2 aromatic heterocycles. The topological polar surface area (TPSA) is 137 Å². The number of hydrogen-bond donors (Lipinski definition) is 3. The summed E-state index contributed by atoms with van der Waals surface area (Å²) in [5, 5.41) is 9.93. The Kier molecular flexibility index (Phi) is 11.6. The number of halogens is 3. The molecule has 2 aliphatic heterocycles. The summed E-state index contributed by atoms with van der Waals surface area (Å²) in [6.07, 6.45) is -2.39. The molecule has 1 unspecified atom stereocenters. The van der Waals surface area contributed by atoms with Crippen LogP contribution >= 0.6 is 11.6 Å². The van der Waals surface area contributed by atoms with Gasteiger partial charge in [-0.1, -0.05) is 39.3 Å². The highest BCUT2D eigenvalue weighted by Gasteiger charge is 2.48. The number of ether oxygens (including phenoxy) is 4. The van der Waals surface area contributed by atoms with E-state index in [-0.39, 0.29) is 47.4 Å². The molecule has 4 heterocycles. The summed E-state index contributed by atoms with van der Waals surface area (Å²) >= 11 is 6.25. The number of nitrogens with one attached hydrogen (secondary N) is 2. The molecular weight excluding hydrogens is 566 g/mol. The molecule has 41 heavy (non-hydrogen) atoms. The van der Waals surface area contributed by atoms with Crippen LogP contribution in [-0.4, -0.2) is 69.7 Å². The number of hydroxylamine groups is 1. The number of nitrogens with zero attached hydrogens (tertiary/aromatic N) is 2. The van der Waals surface area contributed by atoms with E-state index in [9.17, 15) is 18.7 Å². The molecule has 4 atom stereocenters. The lowest BCUT2D eigenvalue weighted by atomic mass is 10.1. The van der Waals surface area contributed by atoms with E-state index in [0.717, 1.165) is 12.1 Å². The normalized spacial score (nSPS) is 21.0. The van der Waals surface area contributed by atoms with E-state index in [1.165, 1.54) is 6.07 Å². The minimum atomic E-state index is -0.987. The first-order chi connectivity index (χ1) is 19.7. The van der Waals surface area contributed by atoms with Crippen LogP contribution < -0.4 is 15.0 Å². The minimum absolute atomic E-state index is 0.0665. The Morgan fingerprint density at radius 1 is 1.12 bits per heavy atom. The van der Waals surface area contributed by atoms with Gasteiger partial charge in [0, 0.05) is 5.56 Å². The minimum Gasteiger partial charge on any atom is -0.471 e. The van der Waals surface area contributed by atoms with Crippen LogP contribution in [0.5, 0.6) is 11.9 Å². The van der Waals surface area contributed by atoms with Gasteiger partial charge in [-0.2, -0.15) is 9.97 Å². The van der Waals surface area contributed by atoms with Crippen molar-refractivity contribution in [2.75, 3.05) is 13.2 Å². The van der Waals surface area contributed by atoms with Crippen LogP contribution in [0.3, 0.4) is 0 Å². The number of fused-ring (bicyclic) bond motifs is 2. The van der Waals surface area contributed by atoms with E-state index < -0.39 is 54.1 Å². The number of hydrogen-bond acceptors (Lipinski definition) is 9. The molecule has 0 spiro atoms. The maximum Gasteiger partial charge on any atom is 0.296 e. The van der Waals surface area contributed by atoms with Gasteiger partial charge in [0.25, 0.3) is 11.9 Å². The molecular formula is C27H35ClF2N4O7. The maximum absolute atomic E-state index is 14.6. The Morgan fingerprint density at radius 3 is 2.44 bits per heavy atom. The Bertz CT molecular complexity index is 1300. The molecule has 1 aromatic carbocycles. The molecule has 1 amide bonds. The highest BCUT2D eigenvalue weighted by molar-refractivity contribution is 6.32. The Labute approximate surface area is 241 Å². The third-order valence-corrected chi connectivity index (χ3v) is 6.03. The lowest BCUT2D eigenvalue weighted by Crippen LogP contribution is -2.34. The number of imidazole rings is 1. The van der Waals surface area contributed by atoms with Crippen molar-refractivity contribution in [3.8, 4) is 11.9 Å². The van der Waals surface area contributed by atoms with Crippen LogP contribution in [0.25, 0.3) is 11.2 Å². The van der Waals surface area contributed by atoms with Crippen LogP contribution in [-0.2, 0) is 20.9 Å². The van der Waals surface area contributed by atoms with Gasteiger partial charge in [-0.25, -0.2) is 14.3 Å². The Balaban J connectivity index is 0.00000111. The summed E-state index contributed by atoms with van der Waals surface area (Å²) in [4.78, 5) is 28.4. The van der Waals surface area contributed by atoms with Gasteiger partial charge in [0.05, 0.1) is 30.4 Å². The van der Waals surface area contributed by atoms with Gasteiger partial charge >= 0.3 is 0 Å². The second kappa shape index (κ2) is 14.7. The van der Waals surface area contributed by atoms with Gasteiger partial charge in [0.2, 0.25) is 5.88 Å². The number of H-pyrrole nitrogens is 1. The number of carbonyl (C=O) groups is 1. The number of pyridine rings is 1. The summed E-state index contributed by atoms with van der Waals surface area (Å²) < 4.78 is 51.5. The van der Waals surface area contributed by atoms with Gasteiger partial charge < -0.3 is 29.0 Å². The Hall–Kier alpha value is -3.10. The molecule has 2 fully saturated rings. The van der Waals surface area contributed by atoms with Gasteiger partial charge in [-0.15, -0.1) is 0 Å². The third kappa shape index (κ3) is 7.60. The predicted octanol–water partition coefficient (Wildman–Crippen LogP) is 4.50. The summed E-state index contributed by atoms with van der Waals surface area (Å²) in [5.41, 5.74) is 2.07. The quantitative estimate of drug-likeness (QED) is 0.319. The standard InChI is InChI=1S/C23H23ClF2N4O7.2C2H6/c1-9(2)37-30-21(32)10-3-13(25)11(14(26)4-10)6-35-22-12(24)5-15-20(28-22)29-23(27-15)36-17-8-34-18-16(31)7-33-19(17)18;2*1-2/h3-5,9,16-19,31H,6-8H2,1-2H3,(H,30,32)(H,27,28,29);2*1-2H3/t16-,17-,18?,19-;;/m1../s1. The van der Waals surface area contributed by atoms with Crippen molar-refractivity contribution < 1.29 is 42.5 Å². The molecule has 11 nitrogen and oxygen atoms in total. The van der Waals surface area contributed by atoms with Crippen LogP contribution in [0.1, 0.15) is 57.5 Å². The number of aromatic amines is 1. The molecule has 2 aliphatic rings. The van der Waals surface area contributed by atoms with Crippen LogP contribution in [0.15, 0.2) is 18.2 Å². The number of aliphatic hydroxyl groups is 1. The highest BCUT2D eigenvalue weighted by atomic mass is 35.5. The fourth-order valence-electron chi connectivity index (χ4n) is 3.97. The van der Waals surface area contributed by atoms with Gasteiger partial charge in [0.1, 0.15) is 41.6 Å². The predicted molar refractivity (Wildman–Crippen MR) is 146 cm³/mol. The number of aromatic nitrogens is 3. The maximum atomic E-state index is 14.6. The molecule has 3 aromatic rings.